The highest BCUT2D eigenvalue weighted by atomic mass is 16.2. The standard InChI is InChI=1S/C14H13N5O2/c20-13-12-5-8(16-13)7-19(12)14(21)11-6-10(17-18-11)9-3-1-2-4-15-9/h1-4,6,8,12H,5,7H2,(H,16,20)(H,17,18)/t8-,12-/m0/s1. The lowest BCUT2D eigenvalue weighted by atomic mass is 10.2. The van der Waals surface area contributed by atoms with E-state index in [0.29, 0.717) is 30.0 Å². The first-order valence-corrected chi connectivity index (χ1v) is 6.80. The van der Waals surface area contributed by atoms with Crippen molar-refractivity contribution in [3.8, 4) is 11.4 Å². The van der Waals surface area contributed by atoms with Crippen LogP contribution in [0.2, 0.25) is 0 Å². The van der Waals surface area contributed by atoms with Gasteiger partial charge in [0.15, 0.2) is 0 Å². The predicted octanol–water partition coefficient (Wildman–Crippen LogP) is 0.185. The third-order valence-corrected chi connectivity index (χ3v) is 3.95. The fourth-order valence-corrected chi connectivity index (χ4v) is 2.94. The summed E-state index contributed by atoms with van der Waals surface area (Å²) in [5.74, 6) is -0.254. The maximum atomic E-state index is 12.5. The van der Waals surface area contributed by atoms with Gasteiger partial charge in [0, 0.05) is 18.8 Å². The molecule has 0 aromatic carbocycles. The Kier molecular flexibility index (Phi) is 2.53. The Labute approximate surface area is 120 Å². The Morgan fingerprint density at radius 1 is 1.33 bits per heavy atom. The molecule has 0 aliphatic carbocycles. The van der Waals surface area contributed by atoms with Crippen molar-refractivity contribution in [2.24, 2.45) is 0 Å². The fraction of sp³-hybridized carbons (Fsp3) is 0.286. The molecule has 2 saturated heterocycles. The molecule has 2 aliphatic rings. The minimum atomic E-state index is -0.343. The normalized spacial score (nSPS) is 23.4. The van der Waals surface area contributed by atoms with Crippen LogP contribution in [-0.4, -0.2) is 50.5 Å². The molecule has 2 atom stereocenters. The highest BCUT2D eigenvalue weighted by Crippen LogP contribution is 2.26. The molecule has 2 N–H and O–H groups in total. The van der Waals surface area contributed by atoms with Crippen LogP contribution in [0, 0.1) is 0 Å². The highest BCUT2D eigenvalue weighted by Gasteiger charge is 2.46. The van der Waals surface area contributed by atoms with Gasteiger partial charge in [0.1, 0.15) is 17.4 Å². The molecule has 7 heteroatoms. The van der Waals surface area contributed by atoms with Crippen molar-refractivity contribution in [3.63, 3.8) is 0 Å². The van der Waals surface area contributed by atoms with E-state index < -0.39 is 0 Å². The van der Waals surface area contributed by atoms with E-state index in [1.807, 2.05) is 18.2 Å². The van der Waals surface area contributed by atoms with Crippen molar-refractivity contribution in [2.75, 3.05) is 6.54 Å². The largest absolute Gasteiger partial charge is 0.350 e. The Morgan fingerprint density at radius 3 is 2.95 bits per heavy atom. The number of aromatic nitrogens is 3. The molecule has 2 aromatic heterocycles. The minimum absolute atomic E-state index is 0.0657. The third-order valence-electron chi connectivity index (χ3n) is 3.95. The summed E-state index contributed by atoms with van der Waals surface area (Å²) < 4.78 is 0. The van der Waals surface area contributed by atoms with Crippen LogP contribution in [0.1, 0.15) is 16.9 Å². The van der Waals surface area contributed by atoms with E-state index in [4.69, 9.17) is 0 Å². The molecule has 2 aliphatic heterocycles. The summed E-state index contributed by atoms with van der Waals surface area (Å²) in [4.78, 5) is 30.0. The van der Waals surface area contributed by atoms with Gasteiger partial charge in [-0.05, 0) is 24.6 Å². The van der Waals surface area contributed by atoms with Gasteiger partial charge in [0.05, 0.1) is 5.69 Å². The Hall–Kier alpha value is -2.70. The smallest absolute Gasteiger partial charge is 0.272 e. The lowest BCUT2D eigenvalue weighted by Crippen LogP contribution is -2.50. The SMILES string of the molecule is O=C1N[C@H]2C[C@@H]1N(C(=O)c1cc(-c3ccccn3)n[nH]1)C2. The number of fused-ring (bicyclic) bond motifs is 2. The van der Waals surface area contributed by atoms with Crippen LogP contribution in [0.3, 0.4) is 0 Å². The third kappa shape index (κ3) is 1.89. The van der Waals surface area contributed by atoms with Crippen LogP contribution in [0.15, 0.2) is 30.5 Å². The Bertz CT molecular complexity index is 711. The van der Waals surface area contributed by atoms with Gasteiger partial charge >= 0.3 is 0 Å². The summed E-state index contributed by atoms with van der Waals surface area (Å²) in [6.07, 6.45) is 2.38. The zero-order valence-electron chi connectivity index (χ0n) is 11.1. The molecule has 0 spiro atoms. The summed E-state index contributed by atoms with van der Waals surface area (Å²) in [7, 11) is 0. The van der Waals surface area contributed by atoms with Crippen LogP contribution in [0.4, 0.5) is 0 Å². The van der Waals surface area contributed by atoms with Gasteiger partial charge in [-0.2, -0.15) is 5.10 Å². The summed E-state index contributed by atoms with van der Waals surface area (Å²) in [6, 6.07) is 6.93. The number of carbonyl (C=O) groups is 2. The van der Waals surface area contributed by atoms with Gasteiger partial charge in [-0.3, -0.25) is 19.7 Å². The number of piperazine rings is 1. The molecular weight excluding hydrogens is 270 g/mol. The summed E-state index contributed by atoms with van der Waals surface area (Å²) in [6.45, 7) is 0.563. The minimum Gasteiger partial charge on any atom is -0.350 e. The predicted molar refractivity (Wildman–Crippen MR) is 73.2 cm³/mol. The number of likely N-dealkylation sites (tertiary alicyclic amines) is 1. The monoisotopic (exact) mass is 283 g/mol. The molecule has 0 radical (unpaired) electrons. The number of hydrogen-bond acceptors (Lipinski definition) is 4. The van der Waals surface area contributed by atoms with E-state index in [9.17, 15) is 9.59 Å². The van der Waals surface area contributed by atoms with Crippen molar-refractivity contribution in [1.82, 2.24) is 25.4 Å². The second-order valence-electron chi connectivity index (χ2n) is 5.30. The number of pyridine rings is 1. The molecule has 0 unspecified atom stereocenters. The van der Waals surface area contributed by atoms with Gasteiger partial charge in [-0.15, -0.1) is 0 Å². The number of nitrogens with one attached hydrogen (secondary N) is 2. The molecule has 2 amide bonds. The first kappa shape index (κ1) is 12.1. The van der Waals surface area contributed by atoms with Crippen molar-refractivity contribution >= 4 is 11.8 Å². The molecule has 4 rings (SSSR count). The van der Waals surface area contributed by atoms with Crippen LogP contribution in [0.5, 0.6) is 0 Å². The molecule has 0 saturated carbocycles. The maximum absolute atomic E-state index is 12.5. The van der Waals surface area contributed by atoms with Crippen LogP contribution in [0.25, 0.3) is 11.4 Å². The second-order valence-corrected chi connectivity index (χ2v) is 5.30. The van der Waals surface area contributed by atoms with Gasteiger partial charge in [-0.1, -0.05) is 6.07 Å². The topological polar surface area (TPSA) is 91.0 Å². The zero-order valence-corrected chi connectivity index (χ0v) is 11.1. The van der Waals surface area contributed by atoms with E-state index in [0.717, 1.165) is 0 Å². The highest BCUT2D eigenvalue weighted by molar-refractivity contribution is 5.98. The number of H-pyrrole nitrogens is 1. The van der Waals surface area contributed by atoms with Crippen molar-refractivity contribution in [3.05, 3.63) is 36.2 Å². The summed E-state index contributed by atoms with van der Waals surface area (Å²) in [5.41, 5.74) is 1.71. The average molecular weight is 283 g/mol. The van der Waals surface area contributed by atoms with Gasteiger partial charge < -0.3 is 10.2 Å². The molecule has 4 heterocycles. The lowest BCUT2D eigenvalue weighted by Gasteiger charge is -2.25. The number of rotatable bonds is 2. The number of amides is 2. The van der Waals surface area contributed by atoms with Crippen molar-refractivity contribution in [2.45, 2.75) is 18.5 Å². The molecule has 106 valence electrons. The molecular formula is C14H13N5O2. The fourth-order valence-electron chi connectivity index (χ4n) is 2.94. The number of nitrogens with zero attached hydrogens (tertiary/aromatic N) is 3. The average Bonchev–Trinajstić information content (AvgIpc) is 3.22. The second kappa shape index (κ2) is 4.41. The molecule has 2 aromatic rings. The summed E-state index contributed by atoms with van der Waals surface area (Å²) >= 11 is 0. The molecule has 21 heavy (non-hydrogen) atoms. The van der Waals surface area contributed by atoms with E-state index in [2.05, 4.69) is 20.5 Å². The number of aromatic amines is 1. The summed E-state index contributed by atoms with van der Waals surface area (Å²) in [5, 5.41) is 9.72. The molecule has 2 bridgehead atoms. The van der Waals surface area contributed by atoms with Crippen molar-refractivity contribution in [1.29, 1.82) is 0 Å². The lowest BCUT2D eigenvalue weighted by molar-refractivity contribution is -0.124. The zero-order chi connectivity index (χ0) is 14.4. The first-order chi connectivity index (χ1) is 10.2. The Balaban J connectivity index is 1.59. The van der Waals surface area contributed by atoms with E-state index in [1.165, 1.54) is 0 Å². The number of carbonyl (C=O) groups excluding carboxylic acids is 2. The molecule has 2 fully saturated rings. The molecule has 7 nitrogen and oxygen atoms in total. The Morgan fingerprint density at radius 2 is 2.24 bits per heavy atom. The first-order valence-electron chi connectivity index (χ1n) is 6.80. The van der Waals surface area contributed by atoms with E-state index in [1.54, 1.807) is 17.2 Å². The van der Waals surface area contributed by atoms with E-state index in [-0.39, 0.29) is 23.9 Å². The maximum Gasteiger partial charge on any atom is 0.272 e. The van der Waals surface area contributed by atoms with Gasteiger partial charge in [-0.25, -0.2) is 0 Å². The quantitative estimate of drug-likeness (QED) is 0.823. The van der Waals surface area contributed by atoms with Crippen LogP contribution < -0.4 is 5.32 Å². The van der Waals surface area contributed by atoms with Gasteiger partial charge in [0.2, 0.25) is 5.91 Å². The van der Waals surface area contributed by atoms with Crippen LogP contribution in [-0.2, 0) is 4.79 Å². The van der Waals surface area contributed by atoms with Crippen molar-refractivity contribution < 1.29 is 9.59 Å². The van der Waals surface area contributed by atoms with Gasteiger partial charge in [0.25, 0.3) is 5.91 Å². The van der Waals surface area contributed by atoms with E-state index >= 15 is 0 Å². The van der Waals surface area contributed by atoms with Crippen LogP contribution >= 0.6 is 0 Å². The number of hydrogen-bond donors (Lipinski definition) is 2.